The van der Waals surface area contributed by atoms with Gasteiger partial charge in [-0.15, -0.1) is 0 Å². The summed E-state index contributed by atoms with van der Waals surface area (Å²) < 4.78 is 0.892. The van der Waals surface area contributed by atoms with Crippen molar-refractivity contribution in [3.8, 4) is 0 Å². The average molecular weight is 333 g/mol. The zero-order valence-corrected chi connectivity index (χ0v) is 13.3. The van der Waals surface area contributed by atoms with Gasteiger partial charge in [-0.2, -0.15) is 0 Å². The number of benzene rings is 2. The molecule has 2 aromatic carbocycles. The minimum atomic E-state index is -0.133. The molecule has 0 atom stereocenters. The molecule has 0 aliphatic carbocycles. The SMILES string of the molecule is Cc1cc(Br)cc(C(=O)Nc2c(C)ccc(N)c2C)c1. The molecule has 0 aromatic heterocycles. The van der Waals surface area contributed by atoms with Gasteiger partial charge in [0.1, 0.15) is 0 Å². The summed E-state index contributed by atoms with van der Waals surface area (Å²) in [7, 11) is 0. The van der Waals surface area contributed by atoms with Crippen LogP contribution in [0.15, 0.2) is 34.8 Å². The number of carbonyl (C=O) groups is 1. The molecule has 0 aliphatic rings. The summed E-state index contributed by atoms with van der Waals surface area (Å²) in [6, 6.07) is 9.39. The molecule has 0 bridgehead atoms. The number of halogens is 1. The second-order valence-electron chi connectivity index (χ2n) is 4.94. The van der Waals surface area contributed by atoms with Crippen molar-refractivity contribution in [2.45, 2.75) is 20.8 Å². The number of aryl methyl sites for hydroxylation is 2. The first-order chi connectivity index (χ1) is 9.38. The van der Waals surface area contributed by atoms with Gasteiger partial charge in [0.25, 0.3) is 5.91 Å². The maximum absolute atomic E-state index is 12.4. The minimum Gasteiger partial charge on any atom is -0.398 e. The maximum atomic E-state index is 12.4. The fraction of sp³-hybridized carbons (Fsp3) is 0.188. The summed E-state index contributed by atoms with van der Waals surface area (Å²) in [4.78, 5) is 12.4. The highest BCUT2D eigenvalue weighted by molar-refractivity contribution is 9.10. The van der Waals surface area contributed by atoms with Crippen LogP contribution in [0.25, 0.3) is 0 Å². The molecule has 3 nitrogen and oxygen atoms in total. The van der Waals surface area contributed by atoms with Crippen LogP contribution in [0.3, 0.4) is 0 Å². The number of hydrogen-bond acceptors (Lipinski definition) is 2. The van der Waals surface area contributed by atoms with Crippen molar-refractivity contribution in [2.24, 2.45) is 0 Å². The highest BCUT2D eigenvalue weighted by atomic mass is 79.9. The topological polar surface area (TPSA) is 55.1 Å². The molecule has 0 saturated carbocycles. The Bertz CT molecular complexity index is 660. The third-order valence-corrected chi connectivity index (χ3v) is 3.72. The first-order valence-corrected chi connectivity index (χ1v) is 7.12. The second kappa shape index (κ2) is 5.67. The maximum Gasteiger partial charge on any atom is 0.255 e. The van der Waals surface area contributed by atoms with Gasteiger partial charge in [0.05, 0.1) is 0 Å². The molecule has 3 N–H and O–H groups in total. The highest BCUT2D eigenvalue weighted by Crippen LogP contribution is 2.26. The van der Waals surface area contributed by atoms with Crippen LogP contribution >= 0.6 is 15.9 Å². The van der Waals surface area contributed by atoms with Crippen LogP contribution < -0.4 is 11.1 Å². The van der Waals surface area contributed by atoms with E-state index in [1.165, 1.54) is 0 Å². The van der Waals surface area contributed by atoms with E-state index in [1.807, 2.05) is 45.0 Å². The molecular weight excluding hydrogens is 316 g/mol. The number of nitrogens with two attached hydrogens (primary N) is 1. The van der Waals surface area contributed by atoms with E-state index < -0.39 is 0 Å². The Balaban J connectivity index is 2.35. The Labute approximate surface area is 127 Å². The molecule has 2 aromatic rings. The fourth-order valence-electron chi connectivity index (χ4n) is 2.11. The summed E-state index contributed by atoms with van der Waals surface area (Å²) in [6.07, 6.45) is 0. The van der Waals surface area contributed by atoms with Crippen LogP contribution in [0.2, 0.25) is 0 Å². The van der Waals surface area contributed by atoms with E-state index in [1.54, 1.807) is 6.07 Å². The summed E-state index contributed by atoms with van der Waals surface area (Å²) >= 11 is 3.41. The Hall–Kier alpha value is -1.81. The van der Waals surface area contributed by atoms with Crippen molar-refractivity contribution in [3.05, 3.63) is 57.1 Å². The van der Waals surface area contributed by atoms with Gasteiger partial charge in [-0.25, -0.2) is 0 Å². The van der Waals surface area contributed by atoms with Gasteiger partial charge >= 0.3 is 0 Å². The van der Waals surface area contributed by atoms with Crippen molar-refractivity contribution in [2.75, 3.05) is 11.1 Å². The van der Waals surface area contributed by atoms with Gasteiger partial charge in [-0.1, -0.05) is 22.0 Å². The molecule has 2 rings (SSSR count). The smallest absolute Gasteiger partial charge is 0.255 e. The Morgan fingerprint density at radius 2 is 1.85 bits per heavy atom. The quantitative estimate of drug-likeness (QED) is 0.809. The number of carbonyl (C=O) groups excluding carboxylic acids is 1. The number of nitrogen functional groups attached to an aromatic ring is 1. The zero-order valence-electron chi connectivity index (χ0n) is 11.8. The first-order valence-electron chi connectivity index (χ1n) is 6.32. The van der Waals surface area contributed by atoms with E-state index >= 15 is 0 Å². The van der Waals surface area contributed by atoms with Gasteiger partial charge in [0, 0.05) is 21.4 Å². The Morgan fingerprint density at radius 1 is 1.15 bits per heavy atom. The number of nitrogens with one attached hydrogen (secondary N) is 1. The highest BCUT2D eigenvalue weighted by Gasteiger charge is 2.12. The molecule has 104 valence electrons. The predicted molar refractivity (Wildman–Crippen MR) is 87.2 cm³/mol. The monoisotopic (exact) mass is 332 g/mol. The summed E-state index contributed by atoms with van der Waals surface area (Å²) in [5.74, 6) is -0.133. The molecule has 0 unspecified atom stereocenters. The number of hydrogen-bond donors (Lipinski definition) is 2. The molecule has 0 aliphatic heterocycles. The average Bonchev–Trinajstić information content (AvgIpc) is 2.38. The predicted octanol–water partition coefficient (Wildman–Crippen LogP) is 4.21. The van der Waals surface area contributed by atoms with Crippen LogP contribution in [-0.2, 0) is 0 Å². The molecule has 0 radical (unpaired) electrons. The van der Waals surface area contributed by atoms with Crippen molar-refractivity contribution < 1.29 is 4.79 Å². The fourth-order valence-corrected chi connectivity index (χ4v) is 2.72. The van der Waals surface area contributed by atoms with E-state index in [2.05, 4.69) is 21.2 Å². The van der Waals surface area contributed by atoms with Gasteiger partial charge in [-0.05, 0) is 61.7 Å². The number of rotatable bonds is 2. The molecule has 4 heteroatoms. The summed E-state index contributed by atoms with van der Waals surface area (Å²) in [6.45, 7) is 5.82. The zero-order chi connectivity index (χ0) is 14.9. The standard InChI is InChI=1S/C16H17BrN2O/c1-9-6-12(8-13(17)7-9)16(20)19-15-10(2)4-5-14(18)11(15)3/h4-8H,18H2,1-3H3,(H,19,20). The van der Waals surface area contributed by atoms with Gasteiger partial charge < -0.3 is 11.1 Å². The molecule has 0 saturated heterocycles. The lowest BCUT2D eigenvalue weighted by molar-refractivity contribution is 0.102. The van der Waals surface area contributed by atoms with E-state index in [0.717, 1.165) is 26.9 Å². The van der Waals surface area contributed by atoms with Gasteiger partial charge in [0.15, 0.2) is 0 Å². The van der Waals surface area contributed by atoms with Crippen LogP contribution in [-0.4, -0.2) is 5.91 Å². The van der Waals surface area contributed by atoms with Crippen LogP contribution in [0, 0.1) is 20.8 Å². The second-order valence-corrected chi connectivity index (χ2v) is 5.86. The van der Waals surface area contributed by atoms with E-state index in [4.69, 9.17) is 5.73 Å². The molecule has 0 fully saturated rings. The summed E-state index contributed by atoms with van der Waals surface area (Å²) in [5.41, 5.74) is 10.9. The van der Waals surface area contributed by atoms with E-state index in [-0.39, 0.29) is 5.91 Å². The van der Waals surface area contributed by atoms with Crippen molar-refractivity contribution >= 4 is 33.2 Å². The number of amides is 1. The van der Waals surface area contributed by atoms with Crippen molar-refractivity contribution in [3.63, 3.8) is 0 Å². The molecule has 20 heavy (non-hydrogen) atoms. The van der Waals surface area contributed by atoms with Crippen LogP contribution in [0.4, 0.5) is 11.4 Å². The minimum absolute atomic E-state index is 0.133. The lowest BCUT2D eigenvalue weighted by Gasteiger charge is -2.14. The molecular formula is C16H17BrN2O. The van der Waals surface area contributed by atoms with E-state index in [0.29, 0.717) is 11.3 Å². The van der Waals surface area contributed by atoms with E-state index in [9.17, 15) is 4.79 Å². The normalized spacial score (nSPS) is 10.4. The molecule has 0 heterocycles. The van der Waals surface area contributed by atoms with Crippen molar-refractivity contribution in [1.82, 2.24) is 0 Å². The van der Waals surface area contributed by atoms with Gasteiger partial charge in [0.2, 0.25) is 0 Å². The lowest BCUT2D eigenvalue weighted by atomic mass is 10.1. The third-order valence-electron chi connectivity index (χ3n) is 3.26. The first kappa shape index (κ1) is 14.6. The third kappa shape index (κ3) is 3.02. The molecule has 1 amide bonds. The van der Waals surface area contributed by atoms with Gasteiger partial charge in [-0.3, -0.25) is 4.79 Å². The Morgan fingerprint density at radius 3 is 2.50 bits per heavy atom. The van der Waals surface area contributed by atoms with Crippen LogP contribution in [0.5, 0.6) is 0 Å². The van der Waals surface area contributed by atoms with Crippen LogP contribution in [0.1, 0.15) is 27.0 Å². The Kier molecular flexibility index (Phi) is 4.14. The lowest BCUT2D eigenvalue weighted by Crippen LogP contribution is -2.14. The van der Waals surface area contributed by atoms with Crippen molar-refractivity contribution in [1.29, 1.82) is 0 Å². The molecule has 0 spiro atoms. The largest absolute Gasteiger partial charge is 0.398 e. The summed E-state index contributed by atoms with van der Waals surface area (Å²) in [5, 5.41) is 2.95. The number of anilines is 2.